The van der Waals surface area contributed by atoms with Crippen LogP contribution in [0.2, 0.25) is 0 Å². The first-order valence-electron chi connectivity index (χ1n) is 4.04. The molecule has 0 aliphatic heterocycles. The Hall–Kier alpha value is -1.84. The summed E-state index contributed by atoms with van der Waals surface area (Å²) in [6.07, 6.45) is 0. The highest BCUT2D eigenvalue weighted by Crippen LogP contribution is 2.02. The van der Waals surface area contributed by atoms with Gasteiger partial charge < -0.3 is 9.57 Å². The Labute approximate surface area is 82.1 Å². The highest BCUT2D eigenvalue weighted by Gasteiger charge is 2.14. The van der Waals surface area contributed by atoms with Crippen LogP contribution in [0.25, 0.3) is 0 Å². The van der Waals surface area contributed by atoms with Gasteiger partial charge in [-0.05, 0) is 0 Å². The number of ether oxygens (including phenoxy) is 1. The lowest BCUT2D eigenvalue weighted by molar-refractivity contribution is -0.132. The molecule has 0 heterocycles. The van der Waals surface area contributed by atoms with Gasteiger partial charge in [0, 0.05) is 5.56 Å². The van der Waals surface area contributed by atoms with Crippen molar-refractivity contribution in [1.29, 1.82) is 0 Å². The molecule has 0 saturated heterocycles. The average Bonchev–Trinajstić information content (AvgIpc) is 2.26. The van der Waals surface area contributed by atoms with Crippen LogP contribution in [0, 0.1) is 0 Å². The highest BCUT2D eigenvalue weighted by molar-refractivity contribution is 6.43. The Morgan fingerprint density at radius 3 is 2.36 bits per heavy atom. The van der Waals surface area contributed by atoms with E-state index < -0.39 is 5.97 Å². The summed E-state index contributed by atoms with van der Waals surface area (Å²) >= 11 is 0. The zero-order valence-corrected chi connectivity index (χ0v) is 8.06. The second-order valence-electron chi connectivity index (χ2n) is 2.48. The van der Waals surface area contributed by atoms with Gasteiger partial charge in [0.15, 0.2) is 5.71 Å². The van der Waals surface area contributed by atoms with E-state index in [1.807, 2.05) is 18.2 Å². The van der Waals surface area contributed by atoms with Crippen LogP contribution in [0.5, 0.6) is 0 Å². The fraction of sp³-hybridized carbons (Fsp3) is 0.200. The predicted octanol–water partition coefficient (Wildman–Crippen LogP) is 1.21. The summed E-state index contributed by atoms with van der Waals surface area (Å²) in [5.41, 5.74) is 0.830. The lowest BCUT2D eigenvalue weighted by Gasteiger charge is -2.02. The first kappa shape index (κ1) is 10.2. The van der Waals surface area contributed by atoms with Crippen LogP contribution >= 0.6 is 0 Å². The van der Waals surface area contributed by atoms with E-state index in [-0.39, 0.29) is 5.71 Å². The zero-order chi connectivity index (χ0) is 10.4. The van der Waals surface area contributed by atoms with Gasteiger partial charge in [-0.25, -0.2) is 4.79 Å². The third-order valence-electron chi connectivity index (χ3n) is 1.61. The van der Waals surface area contributed by atoms with Crippen molar-refractivity contribution < 1.29 is 14.4 Å². The summed E-state index contributed by atoms with van der Waals surface area (Å²) in [6.45, 7) is 0. The van der Waals surface area contributed by atoms with Crippen LogP contribution in [-0.4, -0.2) is 25.9 Å². The second-order valence-corrected chi connectivity index (χ2v) is 2.48. The van der Waals surface area contributed by atoms with Crippen molar-refractivity contribution in [3.63, 3.8) is 0 Å². The molecular formula is C10H11NO3. The lowest BCUT2D eigenvalue weighted by Crippen LogP contribution is -2.17. The molecule has 0 unspecified atom stereocenters. The van der Waals surface area contributed by atoms with Crippen LogP contribution in [0.3, 0.4) is 0 Å². The molecule has 4 heteroatoms. The van der Waals surface area contributed by atoms with Crippen molar-refractivity contribution in [2.24, 2.45) is 5.16 Å². The molecule has 0 bridgehead atoms. The number of carbonyl (C=O) groups excluding carboxylic acids is 1. The molecule has 0 atom stereocenters. The van der Waals surface area contributed by atoms with Crippen molar-refractivity contribution >= 4 is 11.7 Å². The Morgan fingerprint density at radius 1 is 1.21 bits per heavy atom. The van der Waals surface area contributed by atoms with E-state index >= 15 is 0 Å². The second kappa shape index (κ2) is 5.01. The van der Waals surface area contributed by atoms with E-state index in [1.54, 1.807) is 12.1 Å². The SMILES string of the molecule is CO/N=C(\C(=O)OC)c1ccccc1. The van der Waals surface area contributed by atoms with Crippen LogP contribution in [0.15, 0.2) is 35.5 Å². The maximum absolute atomic E-state index is 11.3. The number of oxime groups is 1. The number of hydrogen-bond donors (Lipinski definition) is 0. The van der Waals surface area contributed by atoms with Gasteiger partial charge in [-0.15, -0.1) is 0 Å². The largest absolute Gasteiger partial charge is 0.464 e. The Kier molecular flexibility index (Phi) is 3.67. The predicted molar refractivity (Wildman–Crippen MR) is 52.0 cm³/mol. The molecule has 1 rings (SSSR count). The third kappa shape index (κ3) is 2.32. The summed E-state index contributed by atoms with van der Waals surface area (Å²) in [7, 11) is 2.68. The normalized spacial score (nSPS) is 10.9. The summed E-state index contributed by atoms with van der Waals surface area (Å²) < 4.78 is 4.57. The molecule has 0 aliphatic carbocycles. The molecule has 0 spiro atoms. The van der Waals surface area contributed by atoms with Gasteiger partial charge in [-0.2, -0.15) is 0 Å². The molecule has 0 N–H and O–H groups in total. The minimum absolute atomic E-state index is 0.163. The average molecular weight is 193 g/mol. The van der Waals surface area contributed by atoms with E-state index in [2.05, 4.69) is 14.7 Å². The van der Waals surface area contributed by atoms with E-state index in [0.717, 1.165) is 0 Å². The van der Waals surface area contributed by atoms with Crippen LogP contribution < -0.4 is 0 Å². The van der Waals surface area contributed by atoms with Crippen molar-refractivity contribution in [2.75, 3.05) is 14.2 Å². The number of nitrogens with zero attached hydrogens (tertiary/aromatic N) is 1. The molecule has 0 aliphatic rings. The standard InChI is InChI=1S/C10H11NO3/c1-13-10(12)9(11-14-2)8-6-4-3-5-7-8/h3-7H,1-2H3/b11-9-. The monoisotopic (exact) mass is 193 g/mol. The molecule has 0 fully saturated rings. The number of hydrogen-bond acceptors (Lipinski definition) is 4. The van der Waals surface area contributed by atoms with E-state index in [1.165, 1.54) is 14.2 Å². The summed E-state index contributed by atoms with van der Waals surface area (Å²) in [4.78, 5) is 15.8. The lowest BCUT2D eigenvalue weighted by atomic mass is 10.1. The maximum atomic E-state index is 11.3. The van der Waals surface area contributed by atoms with Crippen molar-refractivity contribution in [1.82, 2.24) is 0 Å². The van der Waals surface area contributed by atoms with Crippen molar-refractivity contribution in [3.8, 4) is 0 Å². The third-order valence-corrected chi connectivity index (χ3v) is 1.61. The quantitative estimate of drug-likeness (QED) is 0.412. The van der Waals surface area contributed by atoms with Gasteiger partial charge in [0.1, 0.15) is 7.11 Å². The number of rotatable bonds is 3. The van der Waals surface area contributed by atoms with Gasteiger partial charge in [0.2, 0.25) is 0 Å². The zero-order valence-electron chi connectivity index (χ0n) is 8.06. The number of carbonyl (C=O) groups is 1. The molecule has 0 aromatic heterocycles. The minimum Gasteiger partial charge on any atom is -0.464 e. The summed E-state index contributed by atoms with van der Waals surface area (Å²) in [6, 6.07) is 8.99. The molecule has 1 aromatic rings. The van der Waals surface area contributed by atoms with Gasteiger partial charge in [-0.1, -0.05) is 35.5 Å². The Bertz CT molecular complexity index is 332. The van der Waals surface area contributed by atoms with Gasteiger partial charge in [0.25, 0.3) is 0 Å². The van der Waals surface area contributed by atoms with Crippen LogP contribution in [0.1, 0.15) is 5.56 Å². The van der Waals surface area contributed by atoms with Gasteiger partial charge in [-0.3, -0.25) is 0 Å². The fourth-order valence-corrected chi connectivity index (χ4v) is 0.992. The van der Waals surface area contributed by atoms with E-state index in [4.69, 9.17) is 0 Å². The number of benzene rings is 1. The van der Waals surface area contributed by atoms with Crippen LogP contribution in [0.4, 0.5) is 0 Å². The maximum Gasteiger partial charge on any atom is 0.360 e. The molecule has 0 amide bonds. The first-order chi connectivity index (χ1) is 6.79. The van der Waals surface area contributed by atoms with Gasteiger partial charge in [0.05, 0.1) is 7.11 Å². The Balaban J connectivity index is 3.02. The van der Waals surface area contributed by atoms with Crippen molar-refractivity contribution in [3.05, 3.63) is 35.9 Å². The minimum atomic E-state index is -0.516. The molecule has 0 radical (unpaired) electrons. The highest BCUT2D eigenvalue weighted by atomic mass is 16.6. The molecule has 14 heavy (non-hydrogen) atoms. The van der Waals surface area contributed by atoms with Crippen molar-refractivity contribution in [2.45, 2.75) is 0 Å². The van der Waals surface area contributed by atoms with E-state index in [9.17, 15) is 4.79 Å². The number of esters is 1. The molecule has 74 valence electrons. The molecular weight excluding hydrogens is 182 g/mol. The summed E-state index contributed by atoms with van der Waals surface area (Å²) in [5.74, 6) is -0.516. The van der Waals surface area contributed by atoms with Gasteiger partial charge >= 0.3 is 5.97 Å². The smallest absolute Gasteiger partial charge is 0.360 e. The summed E-state index contributed by atoms with van der Waals surface area (Å²) in [5, 5.41) is 3.61. The number of methoxy groups -OCH3 is 1. The molecule has 0 saturated carbocycles. The molecule has 4 nitrogen and oxygen atoms in total. The Morgan fingerprint density at radius 2 is 1.86 bits per heavy atom. The van der Waals surface area contributed by atoms with Crippen LogP contribution in [-0.2, 0) is 14.4 Å². The first-order valence-corrected chi connectivity index (χ1v) is 4.04. The fourth-order valence-electron chi connectivity index (χ4n) is 0.992. The topological polar surface area (TPSA) is 47.9 Å². The molecule has 1 aromatic carbocycles. The van der Waals surface area contributed by atoms with E-state index in [0.29, 0.717) is 5.56 Å².